The standard InChI is InChI=1S/C17H18O3/c1-12-9-14(10-13(2)17(12)19-3)16(18)11-20-15-7-5-4-6-8-15/h4-10H,11H2,1-3H3. The molecule has 0 heterocycles. The van der Waals surface area contributed by atoms with Crippen LogP contribution in [0.1, 0.15) is 21.5 Å². The number of rotatable bonds is 5. The average molecular weight is 270 g/mol. The molecule has 0 aromatic heterocycles. The second-order valence-electron chi connectivity index (χ2n) is 4.67. The van der Waals surface area contributed by atoms with Gasteiger partial charge in [-0.15, -0.1) is 0 Å². The Kier molecular flexibility index (Phi) is 4.41. The third-order valence-electron chi connectivity index (χ3n) is 3.10. The Hall–Kier alpha value is -2.29. The van der Waals surface area contributed by atoms with Gasteiger partial charge in [-0.25, -0.2) is 0 Å². The SMILES string of the molecule is COc1c(C)cc(C(=O)COc2ccccc2)cc1C. The summed E-state index contributed by atoms with van der Waals surface area (Å²) in [7, 11) is 1.63. The molecule has 0 aliphatic carbocycles. The topological polar surface area (TPSA) is 35.5 Å². The van der Waals surface area contributed by atoms with Crippen molar-refractivity contribution in [1.29, 1.82) is 0 Å². The van der Waals surface area contributed by atoms with Crippen molar-refractivity contribution >= 4 is 5.78 Å². The first-order valence-electron chi connectivity index (χ1n) is 6.48. The fraction of sp³-hybridized carbons (Fsp3) is 0.235. The summed E-state index contributed by atoms with van der Waals surface area (Å²) in [4.78, 5) is 12.2. The zero-order valence-electron chi connectivity index (χ0n) is 12.0. The Morgan fingerprint density at radius 2 is 1.65 bits per heavy atom. The van der Waals surface area contributed by atoms with E-state index in [0.717, 1.165) is 16.9 Å². The zero-order chi connectivity index (χ0) is 14.5. The van der Waals surface area contributed by atoms with E-state index in [1.54, 1.807) is 7.11 Å². The number of ether oxygens (including phenoxy) is 2. The number of benzene rings is 2. The van der Waals surface area contributed by atoms with Crippen LogP contribution in [0.3, 0.4) is 0 Å². The van der Waals surface area contributed by atoms with Gasteiger partial charge in [0.05, 0.1) is 7.11 Å². The molecule has 2 rings (SSSR count). The molecule has 104 valence electrons. The van der Waals surface area contributed by atoms with Crippen LogP contribution in [-0.4, -0.2) is 19.5 Å². The molecule has 0 N–H and O–H groups in total. The molecule has 2 aromatic rings. The summed E-state index contributed by atoms with van der Waals surface area (Å²) >= 11 is 0. The minimum Gasteiger partial charge on any atom is -0.496 e. The monoisotopic (exact) mass is 270 g/mol. The van der Waals surface area contributed by atoms with Gasteiger partial charge in [0, 0.05) is 5.56 Å². The van der Waals surface area contributed by atoms with Crippen molar-refractivity contribution in [1.82, 2.24) is 0 Å². The first kappa shape index (κ1) is 14.1. The van der Waals surface area contributed by atoms with Gasteiger partial charge in [-0.1, -0.05) is 18.2 Å². The molecule has 0 aliphatic heterocycles. The summed E-state index contributed by atoms with van der Waals surface area (Å²) in [5, 5.41) is 0. The lowest BCUT2D eigenvalue weighted by Crippen LogP contribution is -2.12. The predicted octanol–water partition coefficient (Wildman–Crippen LogP) is 3.57. The van der Waals surface area contributed by atoms with Crippen LogP contribution in [0.25, 0.3) is 0 Å². The Bertz CT molecular complexity index is 580. The molecule has 0 amide bonds. The van der Waals surface area contributed by atoms with Gasteiger partial charge in [0.25, 0.3) is 0 Å². The number of carbonyl (C=O) groups is 1. The number of ketones is 1. The van der Waals surface area contributed by atoms with Crippen molar-refractivity contribution in [2.24, 2.45) is 0 Å². The molecule has 0 radical (unpaired) electrons. The van der Waals surface area contributed by atoms with Crippen molar-refractivity contribution < 1.29 is 14.3 Å². The zero-order valence-corrected chi connectivity index (χ0v) is 12.0. The maximum absolute atomic E-state index is 12.2. The van der Waals surface area contributed by atoms with Crippen molar-refractivity contribution in [3.8, 4) is 11.5 Å². The van der Waals surface area contributed by atoms with Gasteiger partial charge in [-0.3, -0.25) is 4.79 Å². The highest BCUT2D eigenvalue weighted by Gasteiger charge is 2.11. The molecule has 0 bridgehead atoms. The Balaban J connectivity index is 2.10. The summed E-state index contributed by atoms with van der Waals surface area (Å²) in [5.41, 5.74) is 2.56. The average Bonchev–Trinajstić information content (AvgIpc) is 2.45. The maximum Gasteiger partial charge on any atom is 0.200 e. The normalized spacial score (nSPS) is 10.2. The number of Topliss-reactive ketones (excluding diaryl/α,β-unsaturated/α-hetero) is 1. The van der Waals surface area contributed by atoms with E-state index in [4.69, 9.17) is 9.47 Å². The van der Waals surface area contributed by atoms with Crippen LogP contribution in [0.2, 0.25) is 0 Å². The van der Waals surface area contributed by atoms with E-state index in [1.165, 1.54) is 0 Å². The largest absolute Gasteiger partial charge is 0.496 e. The number of methoxy groups -OCH3 is 1. The number of carbonyl (C=O) groups excluding carboxylic acids is 1. The van der Waals surface area contributed by atoms with Crippen LogP contribution >= 0.6 is 0 Å². The summed E-state index contributed by atoms with van der Waals surface area (Å²) in [5.74, 6) is 1.48. The minimum absolute atomic E-state index is 0.0369. The van der Waals surface area contributed by atoms with Crippen molar-refractivity contribution in [2.75, 3.05) is 13.7 Å². The van der Waals surface area contributed by atoms with Gasteiger partial charge in [0.1, 0.15) is 11.5 Å². The molecule has 0 spiro atoms. The molecule has 0 saturated carbocycles. The maximum atomic E-state index is 12.2. The minimum atomic E-state index is -0.0392. The molecule has 3 heteroatoms. The molecular formula is C17H18O3. The Morgan fingerprint density at radius 3 is 2.20 bits per heavy atom. The third-order valence-corrected chi connectivity index (χ3v) is 3.10. The Labute approximate surface area is 119 Å². The lowest BCUT2D eigenvalue weighted by atomic mass is 10.0. The van der Waals surface area contributed by atoms with Crippen LogP contribution in [-0.2, 0) is 0 Å². The molecule has 0 fully saturated rings. The van der Waals surface area contributed by atoms with Gasteiger partial charge in [-0.2, -0.15) is 0 Å². The fourth-order valence-electron chi connectivity index (χ4n) is 2.18. The van der Waals surface area contributed by atoms with E-state index < -0.39 is 0 Å². The van der Waals surface area contributed by atoms with E-state index in [0.29, 0.717) is 11.3 Å². The highest BCUT2D eigenvalue weighted by Crippen LogP contribution is 2.24. The molecule has 3 nitrogen and oxygen atoms in total. The number of hydrogen-bond donors (Lipinski definition) is 0. The molecule has 2 aromatic carbocycles. The second-order valence-corrected chi connectivity index (χ2v) is 4.67. The molecule has 0 saturated heterocycles. The summed E-state index contributed by atoms with van der Waals surface area (Å²) < 4.78 is 10.8. The van der Waals surface area contributed by atoms with E-state index in [1.807, 2.05) is 56.3 Å². The van der Waals surface area contributed by atoms with Gasteiger partial charge in [-0.05, 0) is 49.2 Å². The molecule has 20 heavy (non-hydrogen) atoms. The highest BCUT2D eigenvalue weighted by atomic mass is 16.5. The highest BCUT2D eigenvalue weighted by molar-refractivity contribution is 5.97. The quantitative estimate of drug-likeness (QED) is 0.779. The first-order valence-corrected chi connectivity index (χ1v) is 6.48. The lowest BCUT2D eigenvalue weighted by molar-refractivity contribution is 0.0921. The van der Waals surface area contributed by atoms with Crippen LogP contribution < -0.4 is 9.47 Å². The van der Waals surface area contributed by atoms with Crippen LogP contribution in [0.5, 0.6) is 11.5 Å². The number of hydrogen-bond acceptors (Lipinski definition) is 3. The summed E-state index contributed by atoms with van der Waals surface area (Å²) in [6, 6.07) is 13.0. The van der Waals surface area contributed by atoms with Gasteiger partial charge < -0.3 is 9.47 Å². The van der Waals surface area contributed by atoms with E-state index in [2.05, 4.69) is 0 Å². The van der Waals surface area contributed by atoms with Crippen LogP contribution in [0.15, 0.2) is 42.5 Å². The van der Waals surface area contributed by atoms with Gasteiger partial charge >= 0.3 is 0 Å². The fourth-order valence-corrected chi connectivity index (χ4v) is 2.18. The van der Waals surface area contributed by atoms with Gasteiger partial charge in [0.2, 0.25) is 0 Å². The lowest BCUT2D eigenvalue weighted by Gasteiger charge is -2.11. The second kappa shape index (κ2) is 6.24. The van der Waals surface area contributed by atoms with E-state index >= 15 is 0 Å². The molecule has 0 atom stereocenters. The number of para-hydroxylation sites is 1. The number of aryl methyl sites for hydroxylation is 2. The van der Waals surface area contributed by atoms with Crippen molar-refractivity contribution in [3.63, 3.8) is 0 Å². The molecular weight excluding hydrogens is 252 g/mol. The summed E-state index contributed by atoms with van der Waals surface area (Å²) in [6.45, 7) is 3.90. The molecule has 0 aliphatic rings. The first-order chi connectivity index (χ1) is 9.61. The third kappa shape index (κ3) is 3.18. The van der Waals surface area contributed by atoms with Crippen molar-refractivity contribution in [3.05, 3.63) is 59.2 Å². The Morgan fingerprint density at radius 1 is 1.05 bits per heavy atom. The van der Waals surface area contributed by atoms with Gasteiger partial charge in [0.15, 0.2) is 12.4 Å². The molecule has 0 unspecified atom stereocenters. The predicted molar refractivity (Wildman–Crippen MR) is 78.7 cm³/mol. The summed E-state index contributed by atoms with van der Waals surface area (Å²) in [6.07, 6.45) is 0. The van der Waals surface area contributed by atoms with Crippen LogP contribution in [0.4, 0.5) is 0 Å². The smallest absolute Gasteiger partial charge is 0.200 e. The van der Waals surface area contributed by atoms with E-state index in [-0.39, 0.29) is 12.4 Å². The van der Waals surface area contributed by atoms with Crippen LogP contribution in [0, 0.1) is 13.8 Å². The van der Waals surface area contributed by atoms with Crippen molar-refractivity contribution in [2.45, 2.75) is 13.8 Å². The van der Waals surface area contributed by atoms with E-state index in [9.17, 15) is 4.79 Å².